The minimum atomic E-state index is -1.21. The number of ether oxygens (including phenoxy) is 1. The molecule has 4 rings (SSSR count). The SMILES string of the molecule is COc1ccccc1N1CCN(CCCNC(=O)Nc2cccc(C3C(C(=O)O)=C(C)NC(C)=C3C(=O)O)c2)CC1. The molecule has 0 aliphatic carbocycles. The van der Waals surface area contributed by atoms with Gasteiger partial charge >= 0.3 is 18.0 Å². The van der Waals surface area contributed by atoms with Crippen molar-refractivity contribution in [3.63, 3.8) is 0 Å². The molecule has 0 atom stereocenters. The number of para-hydroxylation sites is 2. The minimum Gasteiger partial charge on any atom is -0.495 e. The summed E-state index contributed by atoms with van der Waals surface area (Å²) in [5.41, 5.74) is 2.68. The maximum atomic E-state index is 12.6. The number of piperazine rings is 1. The van der Waals surface area contributed by atoms with Crippen molar-refractivity contribution in [2.24, 2.45) is 0 Å². The Balaban J connectivity index is 1.29. The second kappa shape index (κ2) is 13.2. The first-order valence-electron chi connectivity index (χ1n) is 13.6. The van der Waals surface area contributed by atoms with Crippen LogP contribution in [-0.2, 0) is 9.59 Å². The van der Waals surface area contributed by atoms with E-state index in [1.54, 1.807) is 45.2 Å². The number of carbonyl (C=O) groups is 3. The van der Waals surface area contributed by atoms with Crippen LogP contribution in [0.1, 0.15) is 31.7 Å². The molecule has 1 saturated heterocycles. The van der Waals surface area contributed by atoms with E-state index in [-0.39, 0.29) is 17.2 Å². The molecule has 0 saturated carbocycles. The summed E-state index contributed by atoms with van der Waals surface area (Å²) in [5, 5.41) is 28.2. The first-order valence-corrected chi connectivity index (χ1v) is 13.6. The van der Waals surface area contributed by atoms with Crippen LogP contribution in [0.3, 0.4) is 0 Å². The Labute approximate surface area is 239 Å². The van der Waals surface area contributed by atoms with Gasteiger partial charge in [-0.25, -0.2) is 14.4 Å². The van der Waals surface area contributed by atoms with Gasteiger partial charge in [-0.3, -0.25) is 4.90 Å². The molecule has 2 aromatic carbocycles. The molecule has 0 spiro atoms. The molecular weight excluding hydrogens is 526 g/mol. The lowest BCUT2D eigenvalue weighted by Crippen LogP contribution is -2.47. The van der Waals surface area contributed by atoms with Gasteiger partial charge in [0.1, 0.15) is 5.75 Å². The molecule has 41 heavy (non-hydrogen) atoms. The molecule has 2 aliphatic heterocycles. The molecule has 5 N–H and O–H groups in total. The summed E-state index contributed by atoms with van der Waals surface area (Å²) in [4.78, 5) is 41.4. The second-order valence-electron chi connectivity index (χ2n) is 10.1. The number of allylic oxidation sites excluding steroid dienone is 2. The van der Waals surface area contributed by atoms with Crippen LogP contribution in [-0.4, -0.2) is 79.5 Å². The summed E-state index contributed by atoms with van der Waals surface area (Å²) in [5.74, 6) is -2.52. The van der Waals surface area contributed by atoms with E-state index >= 15 is 0 Å². The van der Waals surface area contributed by atoms with Crippen LogP contribution in [0.25, 0.3) is 0 Å². The molecule has 2 aromatic rings. The average molecular weight is 564 g/mol. The summed E-state index contributed by atoms with van der Waals surface area (Å²) in [6.07, 6.45) is 0.787. The standard InChI is InChI=1S/C30H37N5O6/c1-19-25(28(36)37)27(26(29(38)39)20(2)32-19)21-8-6-9-22(18-21)33-30(40)31-12-7-13-34-14-16-35(17-15-34)23-10-4-5-11-24(23)41-3/h4-6,8-11,18,27,32H,7,12-17H2,1-3H3,(H,36,37)(H,38,39)(H2,31,33,40). The minimum absolute atomic E-state index is 0.0432. The van der Waals surface area contributed by atoms with Gasteiger partial charge in [0.15, 0.2) is 0 Å². The van der Waals surface area contributed by atoms with Crippen molar-refractivity contribution in [1.82, 2.24) is 15.5 Å². The first-order chi connectivity index (χ1) is 19.7. The maximum Gasteiger partial charge on any atom is 0.334 e. The Kier molecular flexibility index (Phi) is 9.51. The molecule has 0 radical (unpaired) electrons. The van der Waals surface area contributed by atoms with Crippen LogP contribution in [0, 0.1) is 0 Å². The van der Waals surface area contributed by atoms with Crippen molar-refractivity contribution in [3.05, 3.63) is 76.6 Å². The molecular formula is C30H37N5O6. The quantitative estimate of drug-likeness (QED) is 0.275. The molecule has 218 valence electrons. The van der Waals surface area contributed by atoms with Crippen molar-refractivity contribution in [2.45, 2.75) is 26.2 Å². The number of benzene rings is 2. The highest BCUT2D eigenvalue weighted by atomic mass is 16.5. The fourth-order valence-electron chi connectivity index (χ4n) is 5.47. The number of methoxy groups -OCH3 is 1. The highest BCUT2D eigenvalue weighted by Gasteiger charge is 2.36. The molecule has 2 heterocycles. The van der Waals surface area contributed by atoms with Crippen molar-refractivity contribution >= 4 is 29.3 Å². The first kappa shape index (κ1) is 29.5. The number of hydrogen-bond donors (Lipinski definition) is 5. The number of amides is 2. The van der Waals surface area contributed by atoms with Crippen LogP contribution >= 0.6 is 0 Å². The van der Waals surface area contributed by atoms with E-state index in [0.717, 1.165) is 50.6 Å². The van der Waals surface area contributed by atoms with Crippen LogP contribution in [0.2, 0.25) is 0 Å². The molecule has 2 aliphatic rings. The van der Waals surface area contributed by atoms with Gasteiger partial charge in [-0.05, 0) is 56.6 Å². The Hall–Kier alpha value is -4.51. The Morgan fingerprint density at radius 3 is 2.24 bits per heavy atom. The smallest absolute Gasteiger partial charge is 0.334 e. The van der Waals surface area contributed by atoms with E-state index in [4.69, 9.17) is 4.74 Å². The molecule has 11 nitrogen and oxygen atoms in total. The van der Waals surface area contributed by atoms with E-state index in [9.17, 15) is 24.6 Å². The Morgan fingerprint density at radius 1 is 0.951 bits per heavy atom. The number of nitrogens with zero attached hydrogens (tertiary/aromatic N) is 2. The van der Waals surface area contributed by atoms with E-state index < -0.39 is 17.9 Å². The van der Waals surface area contributed by atoms with Crippen molar-refractivity contribution in [3.8, 4) is 5.75 Å². The van der Waals surface area contributed by atoms with Crippen molar-refractivity contribution in [1.29, 1.82) is 0 Å². The van der Waals surface area contributed by atoms with E-state index in [0.29, 0.717) is 29.2 Å². The van der Waals surface area contributed by atoms with Gasteiger partial charge < -0.3 is 35.8 Å². The summed E-state index contributed by atoms with van der Waals surface area (Å²) >= 11 is 0. The number of aliphatic carboxylic acids is 2. The fourth-order valence-corrected chi connectivity index (χ4v) is 5.47. The second-order valence-corrected chi connectivity index (χ2v) is 10.1. The molecule has 0 aromatic heterocycles. The number of carboxylic acids is 2. The summed E-state index contributed by atoms with van der Waals surface area (Å²) in [6, 6.07) is 14.3. The molecule has 2 amide bonds. The monoisotopic (exact) mass is 563 g/mol. The van der Waals surface area contributed by atoms with Crippen LogP contribution in [0.4, 0.5) is 16.2 Å². The third kappa shape index (κ3) is 6.98. The number of rotatable bonds is 10. The van der Waals surface area contributed by atoms with E-state index in [1.807, 2.05) is 18.2 Å². The third-order valence-corrected chi connectivity index (χ3v) is 7.43. The zero-order valence-electron chi connectivity index (χ0n) is 23.6. The molecule has 11 heteroatoms. The predicted molar refractivity (Wildman–Crippen MR) is 156 cm³/mol. The van der Waals surface area contributed by atoms with E-state index in [2.05, 4.69) is 31.8 Å². The van der Waals surface area contributed by atoms with Gasteiger partial charge in [-0.1, -0.05) is 24.3 Å². The lowest BCUT2D eigenvalue weighted by molar-refractivity contribution is -0.133. The topological polar surface area (TPSA) is 143 Å². The normalized spacial score (nSPS) is 16.3. The molecule has 0 bridgehead atoms. The predicted octanol–water partition coefficient (Wildman–Crippen LogP) is 3.43. The van der Waals surface area contributed by atoms with Crippen LogP contribution < -0.4 is 25.6 Å². The fraction of sp³-hybridized carbons (Fsp3) is 0.367. The maximum absolute atomic E-state index is 12.6. The number of hydrogen-bond acceptors (Lipinski definition) is 7. The third-order valence-electron chi connectivity index (χ3n) is 7.43. The number of carboxylic acid groups (broad SMARTS) is 2. The Morgan fingerprint density at radius 2 is 1.61 bits per heavy atom. The molecule has 1 fully saturated rings. The number of dihydropyridines is 1. The highest BCUT2D eigenvalue weighted by molar-refractivity contribution is 5.98. The van der Waals surface area contributed by atoms with Gasteiger partial charge in [0.05, 0.1) is 29.9 Å². The number of urea groups is 1. The van der Waals surface area contributed by atoms with Gasteiger partial charge in [0.25, 0.3) is 0 Å². The summed E-state index contributed by atoms with van der Waals surface area (Å²) < 4.78 is 5.49. The lowest BCUT2D eigenvalue weighted by atomic mass is 9.80. The van der Waals surface area contributed by atoms with Gasteiger partial charge in [-0.15, -0.1) is 0 Å². The highest BCUT2D eigenvalue weighted by Crippen LogP contribution is 2.39. The zero-order chi connectivity index (χ0) is 29.5. The number of carbonyl (C=O) groups excluding carboxylic acids is 1. The van der Waals surface area contributed by atoms with Gasteiger partial charge in [0.2, 0.25) is 0 Å². The van der Waals surface area contributed by atoms with Crippen LogP contribution in [0.5, 0.6) is 5.75 Å². The summed E-state index contributed by atoms with van der Waals surface area (Å²) in [7, 11) is 1.68. The number of nitrogens with one attached hydrogen (secondary N) is 3. The average Bonchev–Trinajstić information content (AvgIpc) is 2.95. The zero-order valence-corrected chi connectivity index (χ0v) is 23.6. The number of anilines is 2. The van der Waals surface area contributed by atoms with Crippen LogP contribution in [0.15, 0.2) is 71.1 Å². The van der Waals surface area contributed by atoms with Gasteiger partial charge in [-0.2, -0.15) is 0 Å². The largest absolute Gasteiger partial charge is 0.495 e. The van der Waals surface area contributed by atoms with Gasteiger partial charge in [0, 0.05) is 49.8 Å². The van der Waals surface area contributed by atoms with Crippen molar-refractivity contribution < 1.29 is 29.3 Å². The Bertz CT molecular complexity index is 1330. The molecule has 0 unspecified atom stereocenters. The van der Waals surface area contributed by atoms with Crippen molar-refractivity contribution in [2.75, 3.05) is 56.6 Å². The lowest BCUT2D eigenvalue weighted by Gasteiger charge is -2.36. The summed E-state index contributed by atoms with van der Waals surface area (Å²) in [6.45, 7) is 8.21. The van der Waals surface area contributed by atoms with E-state index in [1.165, 1.54) is 0 Å².